The highest BCUT2D eigenvalue weighted by Crippen LogP contribution is 2.30. The van der Waals surface area contributed by atoms with E-state index in [4.69, 9.17) is 14.2 Å². The van der Waals surface area contributed by atoms with Gasteiger partial charge in [0.15, 0.2) is 11.6 Å². The Balaban J connectivity index is 1.91. The number of aliphatic hydroxyl groups excluding tert-OH is 1. The number of ether oxygens (including phenoxy) is 3. The van der Waals surface area contributed by atoms with Crippen LogP contribution in [-0.4, -0.2) is 60.6 Å². The molecule has 1 saturated heterocycles. The molecule has 0 unspecified atom stereocenters. The van der Waals surface area contributed by atoms with Crippen LogP contribution in [0.15, 0.2) is 35.3 Å². The number of carbonyl (C=O) groups excluding carboxylic acids is 1. The Hall–Kier alpha value is -3.66. The van der Waals surface area contributed by atoms with Crippen molar-refractivity contribution >= 4 is 22.8 Å². The molecule has 9 nitrogen and oxygen atoms in total. The number of esters is 1. The van der Waals surface area contributed by atoms with Crippen molar-refractivity contribution in [2.24, 2.45) is 0 Å². The van der Waals surface area contributed by atoms with Crippen LogP contribution in [-0.2, 0) is 11.3 Å². The number of halogens is 1. The lowest BCUT2D eigenvalue weighted by atomic mass is 10.0. The monoisotopic (exact) mass is 471 g/mol. The van der Waals surface area contributed by atoms with Crippen LogP contribution >= 0.6 is 0 Å². The number of rotatable bonds is 8. The highest BCUT2D eigenvalue weighted by atomic mass is 19.1. The number of anilines is 1. The van der Waals surface area contributed by atoms with Crippen molar-refractivity contribution in [2.75, 3.05) is 38.9 Å². The SMILES string of the molecule is CCOC(=O)c1cn(Cc2ccc(OC)cc2OC)c2nc(N3CC[C@H]3CO)c(F)cc2c1=O. The van der Waals surface area contributed by atoms with Gasteiger partial charge in [0.2, 0.25) is 5.43 Å². The summed E-state index contributed by atoms with van der Waals surface area (Å²) in [5.74, 6) is -0.298. The van der Waals surface area contributed by atoms with E-state index in [9.17, 15) is 14.7 Å². The number of aromatic nitrogens is 2. The third-order valence-corrected chi connectivity index (χ3v) is 5.94. The number of benzene rings is 1. The normalized spacial score (nSPS) is 15.2. The van der Waals surface area contributed by atoms with Gasteiger partial charge in [0.1, 0.15) is 22.7 Å². The first-order valence-corrected chi connectivity index (χ1v) is 10.9. The summed E-state index contributed by atoms with van der Waals surface area (Å²) in [6.45, 7) is 2.32. The first kappa shape index (κ1) is 23.5. The van der Waals surface area contributed by atoms with E-state index >= 15 is 4.39 Å². The summed E-state index contributed by atoms with van der Waals surface area (Å²) in [7, 11) is 3.07. The third-order valence-electron chi connectivity index (χ3n) is 5.94. The topological polar surface area (TPSA) is 103 Å². The lowest BCUT2D eigenvalue weighted by Gasteiger charge is -2.41. The minimum atomic E-state index is -0.794. The molecular formula is C24H26FN3O6. The molecule has 0 saturated carbocycles. The number of pyridine rings is 2. The Kier molecular flexibility index (Phi) is 6.69. The Bertz CT molecular complexity index is 1290. The number of hydrogen-bond donors (Lipinski definition) is 1. The number of carbonyl (C=O) groups is 1. The van der Waals surface area contributed by atoms with Crippen LogP contribution in [0.2, 0.25) is 0 Å². The van der Waals surface area contributed by atoms with E-state index in [1.165, 1.54) is 13.3 Å². The molecule has 4 rings (SSSR count). The van der Waals surface area contributed by atoms with Gasteiger partial charge in [-0.05, 0) is 31.5 Å². The Labute approximate surface area is 195 Å². The third kappa shape index (κ3) is 4.16. The first-order valence-electron chi connectivity index (χ1n) is 10.9. The summed E-state index contributed by atoms with van der Waals surface area (Å²) in [6.07, 6.45) is 2.09. The maximum absolute atomic E-state index is 15.0. The van der Waals surface area contributed by atoms with Crippen molar-refractivity contribution in [3.8, 4) is 11.5 Å². The smallest absolute Gasteiger partial charge is 0.343 e. The standard InChI is InChI=1S/C24H26FN3O6/c1-4-34-24(31)18-12-27(11-14-5-6-16(32-2)9-20(14)33-3)22-17(21(18)30)10-19(25)23(26-22)28-8-7-15(28)13-29/h5-6,9-10,12,15,29H,4,7-8,11,13H2,1-3H3/t15-/m0/s1. The second kappa shape index (κ2) is 9.68. The molecule has 10 heteroatoms. The van der Waals surface area contributed by atoms with E-state index in [0.717, 1.165) is 11.6 Å². The van der Waals surface area contributed by atoms with Crippen LogP contribution in [0.1, 0.15) is 29.3 Å². The molecule has 1 aliphatic heterocycles. The maximum Gasteiger partial charge on any atom is 0.343 e. The van der Waals surface area contributed by atoms with E-state index in [2.05, 4.69) is 4.98 Å². The van der Waals surface area contributed by atoms with Gasteiger partial charge in [0.25, 0.3) is 0 Å². The largest absolute Gasteiger partial charge is 0.497 e. The predicted octanol–water partition coefficient (Wildman–Crippen LogP) is 2.35. The lowest BCUT2D eigenvalue weighted by molar-refractivity contribution is 0.0524. The van der Waals surface area contributed by atoms with Crippen molar-refractivity contribution in [3.63, 3.8) is 0 Å². The van der Waals surface area contributed by atoms with Gasteiger partial charge in [-0.2, -0.15) is 0 Å². The number of hydrogen-bond acceptors (Lipinski definition) is 8. The van der Waals surface area contributed by atoms with E-state index in [-0.39, 0.29) is 48.2 Å². The van der Waals surface area contributed by atoms with Gasteiger partial charge in [-0.15, -0.1) is 0 Å². The van der Waals surface area contributed by atoms with Crippen LogP contribution < -0.4 is 19.8 Å². The fourth-order valence-electron chi connectivity index (χ4n) is 4.03. The summed E-state index contributed by atoms with van der Waals surface area (Å²) < 4.78 is 32.4. The van der Waals surface area contributed by atoms with Crippen LogP contribution in [0.25, 0.3) is 11.0 Å². The highest BCUT2D eigenvalue weighted by Gasteiger charge is 2.31. The number of fused-ring (bicyclic) bond motifs is 1. The quantitative estimate of drug-likeness (QED) is 0.500. The molecule has 180 valence electrons. The zero-order valence-electron chi connectivity index (χ0n) is 19.2. The summed E-state index contributed by atoms with van der Waals surface area (Å²) in [5, 5.41) is 9.50. The van der Waals surface area contributed by atoms with E-state index in [0.29, 0.717) is 24.5 Å². The van der Waals surface area contributed by atoms with Gasteiger partial charge in [-0.1, -0.05) is 0 Å². The minimum absolute atomic E-state index is 0.0413. The molecule has 0 radical (unpaired) electrons. The molecule has 34 heavy (non-hydrogen) atoms. The average molecular weight is 471 g/mol. The zero-order chi connectivity index (χ0) is 24.4. The summed E-state index contributed by atoms with van der Waals surface area (Å²) >= 11 is 0. The molecule has 1 aliphatic rings. The lowest BCUT2D eigenvalue weighted by Crippen LogP contribution is -2.50. The Morgan fingerprint density at radius 1 is 1.26 bits per heavy atom. The molecule has 0 bridgehead atoms. The fraction of sp³-hybridized carbons (Fsp3) is 0.375. The molecule has 1 N–H and O–H groups in total. The van der Waals surface area contributed by atoms with Gasteiger partial charge in [-0.3, -0.25) is 4.79 Å². The minimum Gasteiger partial charge on any atom is -0.497 e. The Morgan fingerprint density at radius 3 is 2.68 bits per heavy atom. The van der Waals surface area contributed by atoms with Crippen LogP contribution in [0, 0.1) is 5.82 Å². The van der Waals surface area contributed by atoms with Crippen molar-refractivity contribution in [2.45, 2.75) is 25.9 Å². The predicted molar refractivity (Wildman–Crippen MR) is 123 cm³/mol. The summed E-state index contributed by atoms with van der Waals surface area (Å²) in [6, 6.07) is 6.14. The molecular weight excluding hydrogens is 445 g/mol. The molecule has 0 aliphatic carbocycles. The number of methoxy groups -OCH3 is 2. The summed E-state index contributed by atoms with van der Waals surface area (Å²) in [5.41, 5.74) is 0.0588. The van der Waals surface area contributed by atoms with Crippen molar-refractivity contribution in [1.82, 2.24) is 9.55 Å². The molecule has 3 heterocycles. The first-order chi connectivity index (χ1) is 16.4. The maximum atomic E-state index is 15.0. The molecule has 1 atom stereocenters. The molecule has 1 fully saturated rings. The van der Waals surface area contributed by atoms with Crippen molar-refractivity contribution in [1.29, 1.82) is 0 Å². The molecule has 3 aromatic rings. The van der Waals surface area contributed by atoms with Gasteiger partial charge in [0.05, 0.1) is 45.4 Å². The fourth-order valence-corrected chi connectivity index (χ4v) is 4.03. The van der Waals surface area contributed by atoms with Crippen LogP contribution in [0.5, 0.6) is 11.5 Å². The van der Waals surface area contributed by atoms with Gasteiger partial charge in [0, 0.05) is 24.4 Å². The summed E-state index contributed by atoms with van der Waals surface area (Å²) in [4.78, 5) is 31.7. The average Bonchev–Trinajstić information content (AvgIpc) is 2.81. The number of aliphatic hydroxyl groups is 1. The molecule has 0 spiro atoms. The van der Waals surface area contributed by atoms with Crippen molar-refractivity contribution in [3.05, 3.63) is 57.6 Å². The van der Waals surface area contributed by atoms with E-state index in [1.54, 1.807) is 41.7 Å². The molecule has 2 aromatic heterocycles. The van der Waals surface area contributed by atoms with E-state index in [1.807, 2.05) is 0 Å². The van der Waals surface area contributed by atoms with Crippen LogP contribution in [0.3, 0.4) is 0 Å². The second-order valence-corrected chi connectivity index (χ2v) is 7.88. The second-order valence-electron chi connectivity index (χ2n) is 7.88. The van der Waals surface area contributed by atoms with Gasteiger partial charge < -0.3 is 28.8 Å². The number of nitrogens with zero attached hydrogens (tertiary/aromatic N) is 3. The van der Waals surface area contributed by atoms with Gasteiger partial charge >= 0.3 is 5.97 Å². The molecule has 0 amide bonds. The van der Waals surface area contributed by atoms with Crippen molar-refractivity contribution < 1.29 is 28.5 Å². The van der Waals surface area contributed by atoms with Gasteiger partial charge in [-0.25, -0.2) is 14.2 Å². The van der Waals surface area contributed by atoms with E-state index < -0.39 is 17.2 Å². The van der Waals surface area contributed by atoms with Crippen LogP contribution in [0.4, 0.5) is 10.2 Å². The highest BCUT2D eigenvalue weighted by molar-refractivity contribution is 5.93. The zero-order valence-corrected chi connectivity index (χ0v) is 19.2. The molecule has 1 aromatic carbocycles. The Morgan fingerprint density at radius 2 is 2.06 bits per heavy atom.